The molecular formula is C16H23Cl2NO. The zero-order chi connectivity index (χ0) is 14.8. The molecule has 1 aliphatic rings. The van der Waals surface area contributed by atoms with Crippen molar-refractivity contribution in [2.45, 2.75) is 44.6 Å². The molecule has 1 fully saturated rings. The molecule has 112 valence electrons. The molecule has 1 aliphatic heterocycles. The summed E-state index contributed by atoms with van der Waals surface area (Å²) >= 11 is 12.5. The van der Waals surface area contributed by atoms with Crippen LogP contribution in [0.5, 0.6) is 0 Å². The second-order valence-electron chi connectivity index (χ2n) is 6.62. The Kier molecular flexibility index (Phi) is 5.01. The van der Waals surface area contributed by atoms with Crippen molar-refractivity contribution in [1.82, 2.24) is 5.32 Å². The van der Waals surface area contributed by atoms with Crippen LogP contribution in [-0.4, -0.2) is 25.3 Å². The van der Waals surface area contributed by atoms with Crippen LogP contribution in [-0.2, 0) is 10.2 Å². The molecule has 1 aromatic carbocycles. The highest BCUT2D eigenvalue weighted by molar-refractivity contribution is 6.35. The van der Waals surface area contributed by atoms with Crippen molar-refractivity contribution >= 4 is 23.2 Å². The highest BCUT2D eigenvalue weighted by atomic mass is 35.5. The Labute approximate surface area is 131 Å². The molecule has 0 aliphatic carbocycles. The lowest BCUT2D eigenvalue weighted by Crippen LogP contribution is -2.48. The average molecular weight is 316 g/mol. The number of ether oxygens (including phenoxy) is 1. The summed E-state index contributed by atoms with van der Waals surface area (Å²) in [7, 11) is 0. The van der Waals surface area contributed by atoms with Gasteiger partial charge >= 0.3 is 0 Å². The highest BCUT2D eigenvalue weighted by Gasteiger charge is 2.36. The minimum absolute atomic E-state index is 0.0349. The zero-order valence-electron chi connectivity index (χ0n) is 12.4. The molecule has 1 heterocycles. The normalized spacial score (nSPS) is 19.1. The van der Waals surface area contributed by atoms with Gasteiger partial charge in [-0.25, -0.2) is 0 Å². The van der Waals surface area contributed by atoms with Gasteiger partial charge in [-0.2, -0.15) is 0 Å². The lowest BCUT2D eigenvalue weighted by Gasteiger charge is -2.40. The number of nitrogens with one attached hydrogen (secondary N) is 1. The number of rotatable bonds is 3. The van der Waals surface area contributed by atoms with Crippen molar-refractivity contribution in [3.8, 4) is 0 Å². The summed E-state index contributed by atoms with van der Waals surface area (Å²) in [6, 6.07) is 5.84. The Bertz CT molecular complexity index is 462. The van der Waals surface area contributed by atoms with Gasteiger partial charge in [0.05, 0.1) is 0 Å². The van der Waals surface area contributed by atoms with Gasteiger partial charge in [0.15, 0.2) is 0 Å². The maximum Gasteiger partial charge on any atom is 0.0475 e. The summed E-state index contributed by atoms with van der Waals surface area (Å²) in [6.45, 7) is 9.02. The van der Waals surface area contributed by atoms with Gasteiger partial charge in [0.2, 0.25) is 0 Å². The summed E-state index contributed by atoms with van der Waals surface area (Å²) in [4.78, 5) is 0. The average Bonchev–Trinajstić information content (AvgIpc) is 2.36. The van der Waals surface area contributed by atoms with Gasteiger partial charge in [-0.1, -0.05) is 29.3 Å². The van der Waals surface area contributed by atoms with E-state index < -0.39 is 0 Å². The minimum Gasteiger partial charge on any atom is -0.381 e. The first-order valence-electron chi connectivity index (χ1n) is 7.11. The fraction of sp³-hybridized carbons (Fsp3) is 0.625. The van der Waals surface area contributed by atoms with E-state index in [4.69, 9.17) is 27.9 Å². The molecule has 1 aromatic rings. The van der Waals surface area contributed by atoms with Gasteiger partial charge in [-0.05, 0) is 51.3 Å². The molecule has 0 saturated carbocycles. The first kappa shape index (κ1) is 16.1. The molecule has 2 rings (SSSR count). The third-order valence-corrected chi connectivity index (χ3v) is 4.46. The molecule has 20 heavy (non-hydrogen) atoms. The molecule has 2 nitrogen and oxygen atoms in total. The van der Waals surface area contributed by atoms with Crippen LogP contribution in [0, 0.1) is 0 Å². The lowest BCUT2D eigenvalue weighted by molar-refractivity contribution is 0.0477. The monoisotopic (exact) mass is 315 g/mol. The summed E-state index contributed by atoms with van der Waals surface area (Å²) in [6.07, 6.45) is 1.97. The molecule has 0 unspecified atom stereocenters. The second-order valence-corrected chi connectivity index (χ2v) is 7.46. The van der Waals surface area contributed by atoms with Crippen LogP contribution in [0.3, 0.4) is 0 Å². The van der Waals surface area contributed by atoms with Gasteiger partial charge < -0.3 is 10.1 Å². The van der Waals surface area contributed by atoms with Crippen LogP contribution in [0.4, 0.5) is 0 Å². The van der Waals surface area contributed by atoms with E-state index in [-0.39, 0.29) is 11.0 Å². The van der Waals surface area contributed by atoms with Crippen LogP contribution in [0.2, 0.25) is 10.0 Å². The summed E-state index contributed by atoms with van der Waals surface area (Å²) < 4.78 is 5.54. The predicted octanol–water partition coefficient (Wildman–Crippen LogP) is 4.43. The third kappa shape index (κ3) is 3.88. The van der Waals surface area contributed by atoms with E-state index in [1.807, 2.05) is 12.1 Å². The van der Waals surface area contributed by atoms with Gasteiger partial charge in [-0.15, -0.1) is 0 Å². The van der Waals surface area contributed by atoms with E-state index in [1.54, 1.807) is 0 Å². The maximum absolute atomic E-state index is 6.45. The Morgan fingerprint density at radius 3 is 2.40 bits per heavy atom. The van der Waals surface area contributed by atoms with Crippen molar-refractivity contribution in [2.24, 2.45) is 0 Å². The van der Waals surface area contributed by atoms with Crippen LogP contribution in [0.1, 0.15) is 39.2 Å². The van der Waals surface area contributed by atoms with Gasteiger partial charge in [0.25, 0.3) is 0 Å². The highest BCUT2D eigenvalue weighted by Crippen LogP contribution is 2.39. The van der Waals surface area contributed by atoms with E-state index in [0.717, 1.165) is 37.6 Å². The molecule has 1 saturated heterocycles. The summed E-state index contributed by atoms with van der Waals surface area (Å²) in [5, 5.41) is 5.07. The van der Waals surface area contributed by atoms with E-state index in [1.165, 1.54) is 5.56 Å². The molecule has 1 N–H and O–H groups in total. The first-order chi connectivity index (χ1) is 9.32. The largest absolute Gasteiger partial charge is 0.381 e. The van der Waals surface area contributed by atoms with Crippen molar-refractivity contribution in [3.05, 3.63) is 33.8 Å². The van der Waals surface area contributed by atoms with Crippen molar-refractivity contribution in [3.63, 3.8) is 0 Å². The van der Waals surface area contributed by atoms with Crippen molar-refractivity contribution < 1.29 is 4.74 Å². The standard InChI is InChI=1S/C16H23Cl2NO/c1-15(2,3)19-11-16(6-8-20-9-7-16)13-5-4-12(17)10-14(13)18/h4-5,10,19H,6-9,11H2,1-3H3. The Balaban J connectivity index is 2.30. The van der Waals surface area contributed by atoms with Gasteiger partial charge in [-0.3, -0.25) is 0 Å². The van der Waals surface area contributed by atoms with Crippen LogP contribution < -0.4 is 5.32 Å². The van der Waals surface area contributed by atoms with E-state index in [9.17, 15) is 0 Å². The molecular weight excluding hydrogens is 293 g/mol. The molecule has 0 amide bonds. The molecule has 4 heteroatoms. The molecule has 0 bridgehead atoms. The van der Waals surface area contributed by atoms with E-state index in [2.05, 4.69) is 32.2 Å². The Morgan fingerprint density at radius 1 is 1.20 bits per heavy atom. The van der Waals surface area contributed by atoms with Crippen LogP contribution >= 0.6 is 23.2 Å². The predicted molar refractivity (Wildman–Crippen MR) is 85.9 cm³/mol. The maximum atomic E-state index is 6.45. The fourth-order valence-electron chi connectivity index (χ4n) is 2.66. The first-order valence-corrected chi connectivity index (χ1v) is 7.86. The number of halogens is 2. The Morgan fingerprint density at radius 2 is 1.85 bits per heavy atom. The lowest BCUT2D eigenvalue weighted by atomic mass is 9.73. The molecule has 0 aromatic heterocycles. The zero-order valence-corrected chi connectivity index (χ0v) is 13.9. The van der Waals surface area contributed by atoms with Crippen molar-refractivity contribution in [1.29, 1.82) is 0 Å². The fourth-order valence-corrected chi connectivity index (χ4v) is 3.27. The van der Waals surface area contributed by atoms with Gasteiger partial charge in [0.1, 0.15) is 0 Å². The van der Waals surface area contributed by atoms with Gasteiger partial charge in [0, 0.05) is 40.8 Å². The third-order valence-electron chi connectivity index (χ3n) is 3.91. The van der Waals surface area contributed by atoms with Crippen LogP contribution in [0.15, 0.2) is 18.2 Å². The Hall–Kier alpha value is -0.280. The quantitative estimate of drug-likeness (QED) is 0.891. The van der Waals surface area contributed by atoms with E-state index >= 15 is 0 Å². The van der Waals surface area contributed by atoms with Crippen molar-refractivity contribution in [2.75, 3.05) is 19.8 Å². The topological polar surface area (TPSA) is 21.3 Å². The number of benzene rings is 1. The molecule has 0 atom stereocenters. The SMILES string of the molecule is CC(C)(C)NCC1(c2ccc(Cl)cc2Cl)CCOCC1. The minimum atomic E-state index is 0.0349. The smallest absolute Gasteiger partial charge is 0.0475 e. The van der Waals surface area contributed by atoms with Crippen LogP contribution in [0.25, 0.3) is 0 Å². The number of hydrogen-bond acceptors (Lipinski definition) is 2. The van der Waals surface area contributed by atoms with E-state index in [0.29, 0.717) is 5.02 Å². The summed E-state index contributed by atoms with van der Waals surface area (Å²) in [5.41, 5.74) is 1.31. The number of hydrogen-bond donors (Lipinski definition) is 1. The second kappa shape index (κ2) is 6.23. The molecule has 0 spiro atoms. The summed E-state index contributed by atoms with van der Waals surface area (Å²) in [5.74, 6) is 0. The molecule has 0 radical (unpaired) electrons.